The number of nitrogens with one attached hydrogen (secondary N) is 2. The summed E-state index contributed by atoms with van der Waals surface area (Å²) in [6.45, 7) is 2.97. The summed E-state index contributed by atoms with van der Waals surface area (Å²) in [6.07, 6.45) is 1.50. The molecule has 4 rings (SSSR count). The van der Waals surface area contributed by atoms with Crippen LogP contribution in [0, 0.1) is 6.92 Å². The quantitative estimate of drug-likeness (QED) is 0.374. The van der Waals surface area contributed by atoms with Gasteiger partial charge in [-0.15, -0.1) is 0 Å². The summed E-state index contributed by atoms with van der Waals surface area (Å²) in [7, 11) is 0. The number of rotatable bonds is 9. The van der Waals surface area contributed by atoms with Gasteiger partial charge in [-0.05, 0) is 42.3 Å². The molecule has 1 aliphatic heterocycles. The molecule has 1 saturated heterocycles. The largest absolute Gasteiger partial charge is 0.487 e. The third-order valence-corrected chi connectivity index (χ3v) is 6.56. The molecule has 0 radical (unpaired) electrons. The smallest absolute Gasteiger partial charge is 0.244 e. The van der Waals surface area contributed by atoms with Gasteiger partial charge in [0.1, 0.15) is 19.3 Å². The highest BCUT2D eigenvalue weighted by atomic mass is 35.5. The minimum absolute atomic E-state index is 0.119. The van der Waals surface area contributed by atoms with E-state index in [2.05, 4.69) is 15.6 Å². The third-order valence-electron chi connectivity index (χ3n) is 5.63. The predicted octanol–water partition coefficient (Wildman–Crippen LogP) is 4.43. The van der Waals surface area contributed by atoms with Crippen LogP contribution in [0.5, 0.6) is 11.6 Å². The van der Waals surface area contributed by atoms with E-state index in [4.69, 9.17) is 44.3 Å². The number of hydrogen-bond acceptors (Lipinski definition) is 6. The molecule has 3 aromatic rings. The van der Waals surface area contributed by atoms with Crippen LogP contribution in [0.3, 0.4) is 0 Å². The van der Waals surface area contributed by atoms with Crippen molar-refractivity contribution in [2.75, 3.05) is 31.2 Å². The van der Waals surface area contributed by atoms with Crippen molar-refractivity contribution >= 4 is 52.3 Å². The SMILES string of the molecule is Cc1cc(Cl)c(OCCOc2ccc(N3C(=O)CNC[C@@H]3C(=O)NCc3ccccc3Cl)cn2)c(Cl)c1. The number of pyridine rings is 1. The Balaban J connectivity index is 1.34. The van der Waals surface area contributed by atoms with E-state index in [0.29, 0.717) is 38.9 Å². The molecular weight excluding hydrogens is 539 g/mol. The zero-order valence-electron chi connectivity index (χ0n) is 20.0. The first-order chi connectivity index (χ1) is 17.8. The fourth-order valence-corrected chi connectivity index (χ4v) is 4.76. The molecule has 0 saturated carbocycles. The lowest BCUT2D eigenvalue weighted by molar-refractivity contribution is -0.127. The third kappa shape index (κ3) is 6.84. The Kier molecular flexibility index (Phi) is 9.10. The molecule has 2 heterocycles. The van der Waals surface area contributed by atoms with E-state index in [1.54, 1.807) is 30.3 Å². The van der Waals surface area contributed by atoms with Gasteiger partial charge in [0, 0.05) is 24.2 Å². The van der Waals surface area contributed by atoms with Gasteiger partial charge in [-0.2, -0.15) is 0 Å². The zero-order valence-corrected chi connectivity index (χ0v) is 22.2. The van der Waals surface area contributed by atoms with Gasteiger partial charge in [-0.25, -0.2) is 4.98 Å². The average molecular weight is 564 g/mol. The molecule has 37 heavy (non-hydrogen) atoms. The molecule has 8 nitrogen and oxygen atoms in total. The number of aromatic nitrogens is 1. The molecular formula is C26H25Cl3N4O4. The molecule has 0 bridgehead atoms. The molecule has 1 atom stereocenters. The van der Waals surface area contributed by atoms with Crippen molar-refractivity contribution in [3.05, 3.63) is 80.9 Å². The molecule has 2 amide bonds. The lowest BCUT2D eigenvalue weighted by Crippen LogP contribution is -2.60. The average Bonchev–Trinajstić information content (AvgIpc) is 2.87. The molecule has 2 aromatic carbocycles. The van der Waals surface area contributed by atoms with Gasteiger partial charge in [0.2, 0.25) is 17.7 Å². The van der Waals surface area contributed by atoms with Crippen molar-refractivity contribution in [1.29, 1.82) is 0 Å². The summed E-state index contributed by atoms with van der Waals surface area (Å²) >= 11 is 18.6. The van der Waals surface area contributed by atoms with Crippen LogP contribution >= 0.6 is 34.8 Å². The summed E-state index contributed by atoms with van der Waals surface area (Å²) < 4.78 is 11.3. The van der Waals surface area contributed by atoms with E-state index in [1.807, 2.05) is 25.1 Å². The Morgan fingerprint density at radius 2 is 1.81 bits per heavy atom. The van der Waals surface area contributed by atoms with Crippen LogP contribution in [0.25, 0.3) is 0 Å². The number of aryl methyl sites for hydroxylation is 1. The van der Waals surface area contributed by atoms with Gasteiger partial charge in [0.15, 0.2) is 5.75 Å². The normalized spacial score (nSPS) is 15.4. The molecule has 0 unspecified atom stereocenters. The molecule has 0 aliphatic carbocycles. The highest BCUT2D eigenvalue weighted by molar-refractivity contribution is 6.37. The van der Waals surface area contributed by atoms with Gasteiger partial charge in [-0.3, -0.25) is 14.5 Å². The van der Waals surface area contributed by atoms with Gasteiger partial charge in [0.25, 0.3) is 0 Å². The van der Waals surface area contributed by atoms with Crippen LogP contribution in [0.15, 0.2) is 54.7 Å². The minimum Gasteiger partial charge on any atom is -0.487 e. The van der Waals surface area contributed by atoms with Crippen molar-refractivity contribution in [3.8, 4) is 11.6 Å². The molecule has 1 aromatic heterocycles. The lowest BCUT2D eigenvalue weighted by atomic mass is 10.1. The number of piperazine rings is 1. The second-order valence-electron chi connectivity index (χ2n) is 8.33. The summed E-state index contributed by atoms with van der Waals surface area (Å²) in [4.78, 5) is 31.4. The zero-order chi connectivity index (χ0) is 26.4. The van der Waals surface area contributed by atoms with Crippen LogP contribution < -0.4 is 25.0 Å². The maximum absolute atomic E-state index is 13.0. The maximum atomic E-state index is 13.0. The van der Waals surface area contributed by atoms with Gasteiger partial charge < -0.3 is 20.1 Å². The van der Waals surface area contributed by atoms with Crippen molar-refractivity contribution < 1.29 is 19.1 Å². The van der Waals surface area contributed by atoms with Crippen LogP contribution in [0.2, 0.25) is 15.1 Å². The van der Waals surface area contributed by atoms with Gasteiger partial charge >= 0.3 is 0 Å². The number of carbonyl (C=O) groups is 2. The number of carbonyl (C=O) groups excluding carboxylic acids is 2. The Hall–Kier alpha value is -3.04. The standard InChI is InChI=1S/C26H25Cl3N4O4/c1-16-10-20(28)25(21(29)11-16)37-9-8-36-23-7-6-18(13-31-23)33-22(14-30-15-24(33)34)26(35)32-12-17-4-2-3-5-19(17)27/h2-7,10-11,13,22,30H,8-9,12,14-15H2,1H3,(H,32,35)/t22-/m1/s1. The second-order valence-corrected chi connectivity index (χ2v) is 9.55. The van der Waals surface area contributed by atoms with E-state index in [9.17, 15) is 9.59 Å². The number of amides is 2. The fraction of sp³-hybridized carbons (Fsp3) is 0.269. The van der Waals surface area contributed by atoms with Gasteiger partial charge in [0.05, 0.1) is 28.5 Å². The number of benzene rings is 2. The van der Waals surface area contributed by atoms with Gasteiger partial charge in [-0.1, -0.05) is 53.0 Å². The Morgan fingerprint density at radius 1 is 1.08 bits per heavy atom. The van der Waals surface area contributed by atoms with E-state index in [-0.39, 0.29) is 38.1 Å². The first-order valence-electron chi connectivity index (χ1n) is 11.5. The van der Waals surface area contributed by atoms with E-state index >= 15 is 0 Å². The maximum Gasteiger partial charge on any atom is 0.244 e. The minimum atomic E-state index is -0.741. The highest BCUT2D eigenvalue weighted by Gasteiger charge is 2.34. The van der Waals surface area contributed by atoms with Crippen LogP contribution in [0.4, 0.5) is 5.69 Å². The summed E-state index contributed by atoms with van der Waals surface area (Å²) in [6, 6.07) is 13.4. The van der Waals surface area contributed by atoms with Crippen LogP contribution in [-0.4, -0.2) is 49.1 Å². The first-order valence-corrected chi connectivity index (χ1v) is 12.7. The summed E-state index contributed by atoms with van der Waals surface area (Å²) in [5.41, 5.74) is 2.22. The van der Waals surface area contributed by atoms with Crippen LogP contribution in [-0.2, 0) is 16.1 Å². The Morgan fingerprint density at radius 3 is 2.51 bits per heavy atom. The molecule has 194 valence electrons. The summed E-state index contributed by atoms with van der Waals surface area (Å²) in [5.74, 6) is 0.207. The topological polar surface area (TPSA) is 92.8 Å². The van der Waals surface area contributed by atoms with Crippen molar-refractivity contribution in [3.63, 3.8) is 0 Å². The van der Waals surface area contributed by atoms with Crippen LogP contribution in [0.1, 0.15) is 11.1 Å². The fourth-order valence-electron chi connectivity index (χ4n) is 3.86. The van der Waals surface area contributed by atoms with Crippen molar-refractivity contribution in [1.82, 2.24) is 15.6 Å². The summed E-state index contributed by atoms with van der Waals surface area (Å²) in [5, 5.41) is 7.28. The predicted molar refractivity (Wildman–Crippen MR) is 144 cm³/mol. The Labute approximate surface area is 229 Å². The van der Waals surface area contributed by atoms with Crippen molar-refractivity contribution in [2.24, 2.45) is 0 Å². The molecule has 1 fully saturated rings. The van der Waals surface area contributed by atoms with E-state index < -0.39 is 6.04 Å². The molecule has 2 N–H and O–H groups in total. The monoisotopic (exact) mass is 562 g/mol. The number of nitrogens with zero attached hydrogens (tertiary/aromatic N) is 2. The highest BCUT2D eigenvalue weighted by Crippen LogP contribution is 2.34. The second kappa shape index (κ2) is 12.5. The number of hydrogen-bond donors (Lipinski definition) is 2. The molecule has 11 heteroatoms. The van der Waals surface area contributed by atoms with Crippen molar-refractivity contribution in [2.45, 2.75) is 19.5 Å². The Bertz CT molecular complexity index is 1250. The lowest BCUT2D eigenvalue weighted by Gasteiger charge is -2.34. The molecule has 1 aliphatic rings. The number of anilines is 1. The molecule has 0 spiro atoms. The first kappa shape index (κ1) is 27.0. The number of halogens is 3. The van der Waals surface area contributed by atoms with E-state index in [0.717, 1.165) is 11.1 Å². The number of ether oxygens (including phenoxy) is 2. The van der Waals surface area contributed by atoms with E-state index in [1.165, 1.54) is 11.1 Å².